The molecule has 2 unspecified atom stereocenters. The molecule has 0 radical (unpaired) electrons. The molecule has 2 aliphatic carbocycles. The Kier molecular flexibility index (Phi) is 7.70. The molecule has 33 heavy (non-hydrogen) atoms. The summed E-state index contributed by atoms with van der Waals surface area (Å²) in [5, 5.41) is 17.8. The van der Waals surface area contributed by atoms with Crippen LogP contribution in [0.15, 0.2) is 42.1 Å². The number of nitro groups is 1. The van der Waals surface area contributed by atoms with Crippen molar-refractivity contribution in [3.8, 4) is 11.5 Å². The molecule has 10 heteroatoms. The van der Waals surface area contributed by atoms with Gasteiger partial charge in [-0.05, 0) is 49.8 Å². The molecule has 10 nitrogen and oxygen atoms in total. The number of primary amides is 1. The molecule has 0 bridgehead atoms. The van der Waals surface area contributed by atoms with Gasteiger partial charge in [0.25, 0.3) is 5.70 Å². The molecule has 4 N–H and O–H groups in total. The lowest BCUT2D eigenvalue weighted by atomic mass is 9.71. The molecule has 1 fully saturated rings. The first-order valence-corrected chi connectivity index (χ1v) is 10.8. The van der Waals surface area contributed by atoms with Gasteiger partial charge in [0.1, 0.15) is 0 Å². The minimum atomic E-state index is -1.35. The summed E-state index contributed by atoms with van der Waals surface area (Å²) in [4.78, 5) is 34.6. The van der Waals surface area contributed by atoms with Gasteiger partial charge >= 0.3 is 0 Å². The van der Waals surface area contributed by atoms with Crippen LogP contribution < -0.4 is 25.8 Å². The number of nitrogens with zero attached hydrogens (tertiary/aromatic N) is 1. The molecule has 0 aromatic heterocycles. The van der Waals surface area contributed by atoms with Gasteiger partial charge in [0.2, 0.25) is 12.3 Å². The molecule has 1 aromatic carbocycles. The Balaban J connectivity index is 1.91. The highest BCUT2D eigenvalue weighted by atomic mass is 16.6. The van der Waals surface area contributed by atoms with Crippen molar-refractivity contribution in [1.82, 2.24) is 10.6 Å². The summed E-state index contributed by atoms with van der Waals surface area (Å²) in [7, 11) is 3.04. The largest absolute Gasteiger partial charge is 0.493 e. The minimum absolute atomic E-state index is 0.0824. The normalized spacial score (nSPS) is 26.7. The Hall–Kier alpha value is -3.40. The average Bonchev–Trinajstić information content (AvgIpc) is 2.81. The molecule has 0 heterocycles. The zero-order valence-corrected chi connectivity index (χ0v) is 18.8. The number of carbonyl (C=O) groups excluding carboxylic acids is 2. The highest BCUT2D eigenvalue weighted by Gasteiger charge is 2.46. The minimum Gasteiger partial charge on any atom is -0.493 e. The predicted octanol–water partition coefficient (Wildman–Crippen LogP) is 1.46. The van der Waals surface area contributed by atoms with Crippen molar-refractivity contribution in [2.24, 2.45) is 11.1 Å². The van der Waals surface area contributed by atoms with Crippen LogP contribution in [0.5, 0.6) is 11.5 Å². The second-order valence-corrected chi connectivity index (χ2v) is 8.43. The fourth-order valence-electron chi connectivity index (χ4n) is 4.66. The summed E-state index contributed by atoms with van der Waals surface area (Å²) >= 11 is 0. The van der Waals surface area contributed by atoms with Crippen LogP contribution in [0, 0.1) is 15.5 Å². The number of hydrogen-bond donors (Lipinski definition) is 3. The van der Waals surface area contributed by atoms with Crippen molar-refractivity contribution in [2.75, 3.05) is 14.2 Å². The molecule has 2 amide bonds. The van der Waals surface area contributed by atoms with Gasteiger partial charge in [0, 0.05) is 30.3 Å². The fourth-order valence-corrected chi connectivity index (χ4v) is 4.66. The van der Waals surface area contributed by atoms with E-state index in [1.165, 1.54) is 26.4 Å². The number of allylic oxidation sites excluding steroid dienone is 1. The number of ether oxygens (including phenoxy) is 2. The lowest BCUT2D eigenvalue weighted by Gasteiger charge is -2.40. The van der Waals surface area contributed by atoms with Gasteiger partial charge in [0.05, 0.1) is 24.6 Å². The first-order chi connectivity index (χ1) is 15.8. The Morgan fingerprint density at radius 2 is 1.88 bits per heavy atom. The van der Waals surface area contributed by atoms with E-state index >= 15 is 0 Å². The molecule has 0 saturated heterocycles. The maximum absolute atomic E-state index is 12.9. The van der Waals surface area contributed by atoms with Crippen molar-refractivity contribution in [3.63, 3.8) is 0 Å². The van der Waals surface area contributed by atoms with Gasteiger partial charge in [-0.25, -0.2) is 0 Å². The highest BCUT2D eigenvalue weighted by molar-refractivity contribution is 5.85. The third kappa shape index (κ3) is 5.33. The molecule has 2 atom stereocenters. The van der Waals surface area contributed by atoms with E-state index in [0.29, 0.717) is 17.9 Å². The summed E-state index contributed by atoms with van der Waals surface area (Å²) < 4.78 is 10.7. The Morgan fingerprint density at radius 1 is 1.21 bits per heavy atom. The first kappa shape index (κ1) is 24.2. The molecule has 0 spiro atoms. The topological polar surface area (TPSA) is 146 Å². The Morgan fingerprint density at radius 3 is 2.45 bits per heavy atom. The molecule has 3 rings (SSSR count). The van der Waals surface area contributed by atoms with Crippen LogP contribution in [0.3, 0.4) is 0 Å². The number of carbonyl (C=O) groups is 2. The van der Waals surface area contributed by atoms with E-state index in [4.69, 9.17) is 15.2 Å². The van der Waals surface area contributed by atoms with E-state index in [1.54, 1.807) is 24.3 Å². The molecule has 178 valence electrons. The van der Waals surface area contributed by atoms with Crippen molar-refractivity contribution < 1.29 is 24.0 Å². The molecular formula is C23H30N4O6. The Labute approximate surface area is 192 Å². The highest BCUT2D eigenvalue weighted by Crippen LogP contribution is 2.38. The molecule has 0 aliphatic heterocycles. The lowest BCUT2D eigenvalue weighted by molar-refractivity contribution is -0.420. The zero-order valence-electron chi connectivity index (χ0n) is 18.8. The average molecular weight is 459 g/mol. The standard InChI is InChI=1S/C23H30N4O6/c1-32-19-9-3-15(11-20(19)33-2)12-23(22(24)29)13-18(27(30)31)8-10-21(23)26-17-6-4-16(5-7-17)25-14-28/h3,8-11,13-14,16-17,21,26H,4-7,12H2,1-2H3,(H2,24,29)(H,25,28). The van der Waals surface area contributed by atoms with Gasteiger partial charge in [-0.1, -0.05) is 12.1 Å². The SMILES string of the molecule is COc1ccc(CC2(C(N)=O)C=C([N+](=O)[O-])C=CC2NC2CCC(NC=O)CC2)cc1OC. The summed E-state index contributed by atoms with van der Waals surface area (Å²) in [6.07, 6.45) is 8.50. The number of rotatable bonds is 10. The van der Waals surface area contributed by atoms with E-state index in [9.17, 15) is 19.7 Å². The van der Waals surface area contributed by atoms with Crippen LogP contribution in [0.1, 0.15) is 31.2 Å². The summed E-state index contributed by atoms with van der Waals surface area (Å²) in [6, 6.07) is 4.94. The van der Waals surface area contributed by atoms with Crippen LogP contribution in [0.4, 0.5) is 0 Å². The molecule has 2 aliphatic rings. The number of amides is 2. The van der Waals surface area contributed by atoms with E-state index in [1.807, 2.05) is 0 Å². The van der Waals surface area contributed by atoms with Crippen LogP contribution in [0.25, 0.3) is 0 Å². The number of nitrogens with two attached hydrogens (primary N) is 1. The van der Waals surface area contributed by atoms with E-state index in [0.717, 1.165) is 31.2 Å². The van der Waals surface area contributed by atoms with Crippen LogP contribution in [-0.4, -0.2) is 49.6 Å². The fraction of sp³-hybridized carbons (Fsp3) is 0.478. The third-order valence-corrected chi connectivity index (χ3v) is 6.48. The third-order valence-electron chi connectivity index (χ3n) is 6.48. The van der Waals surface area contributed by atoms with Gasteiger partial charge < -0.3 is 25.8 Å². The van der Waals surface area contributed by atoms with Crippen molar-refractivity contribution in [1.29, 1.82) is 0 Å². The first-order valence-electron chi connectivity index (χ1n) is 10.8. The maximum Gasteiger partial charge on any atom is 0.266 e. The van der Waals surface area contributed by atoms with Crippen LogP contribution in [0.2, 0.25) is 0 Å². The smallest absolute Gasteiger partial charge is 0.266 e. The summed E-state index contributed by atoms with van der Waals surface area (Å²) in [5.41, 5.74) is 5.11. The van der Waals surface area contributed by atoms with Crippen molar-refractivity contribution >= 4 is 12.3 Å². The lowest BCUT2D eigenvalue weighted by Crippen LogP contribution is -2.56. The van der Waals surface area contributed by atoms with E-state index < -0.39 is 22.3 Å². The summed E-state index contributed by atoms with van der Waals surface area (Å²) in [5.74, 6) is 0.370. The Bertz CT molecular complexity index is 954. The number of benzene rings is 1. The zero-order chi connectivity index (χ0) is 24.0. The number of hydrogen-bond acceptors (Lipinski definition) is 7. The van der Waals surface area contributed by atoms with Gasteiger partial charge in [-0.2, -0.15) is 0 Å². The van der Waals surface area contributed by atoms with E-state index in [2.05, 4.69) is 10.6 Å². The summed E-state index contributed by atoms with van der Waals surface area (Å²) in [6.45, 7) is 0. The predicted molar refractivity (Wildman–Crippen MR) is 121 cm³/mol. The van der Waals surface area contributed by atoms with Crippen molar-refractivity contribution in [2.45, 2.75) is 50.2 Å². The van der Waals surface area contributed by atoms with Crippen molar-refractivity contribution in [3.05, 3.63) is 57.8 Å². The van der Waals surface area contributed by atoms with Crippen LogP contribution >= 0.6 is 0 Å². The van der Waals surface area contributed by atoms with Gasteiger partial charge in [-0.3, -0.25) is 19.7 Å². The van der Waals surface area contributed by atoms with E-state index in [-0.39, 0.29) is 24.2 Å². The second kappa shape index (κ2) is 10.5. The molecular weight excluding hydrogens is 428 g/mol. The maximum atomic E-state index is 12.9. The quantitative estimate of drug-likeness (QED) is 0.273. The second-order valence-electron chi connectivity index (χ2n) is 8.43. The number of methoxy groups -OCH3 is 2. The van der Waals surface area contributed by atoms with Gasteiger partial charge in [0.15, 0.2) is 11.5 Å². The van der Waals surface area contributed by atoms with Gasteiger partial charge in [-0.15, -0.1) is 0 Å². The molecule has 1 aromatic rings. The molecule has 1 saturated carbocycles. The number of nitrogens with one attached hydrogen (secondary N) is 2. The monoisotopic (exact) mass is 458 g/mol. The van der Waals surface area contributed by atoms with Crippen LogP contribution in [-0.2, 0) is 16.0 Å².